The number of nitrogens with zero attached hydrogens (tertiary/aromatic N) is 1. The summed E-state index contributed by atoms with van der Waals surface area (Å²) in [7, 11) is 0. The third kappa shape index (κ3) is 4.36. The zero-order chi connectivity index (χ0) is 14.2. The van der Waals surface area contributed by atoms with E-state index in [1.165, 1.54) is 0 Å². The standard InChI is InChI=1S/C15H21N3O2/c1-12(15-10-14(11-19)20-18-15)16-8-5-9-17-13-6-3-2-4-7-13/h2-4,6-7,10,12,16-17,19H,5,8-9,11H2,1H3. The van der Waals surface area contributed by atoms with Crippen LogP contribution in [0.25, 0.3) is 0 Å². The van der Waals surface area contributed by atoms with Crippen molar-refractivity contribution in [3.05, 3.63) is 47.9 Å². The fraction of sp³-hybridized carbons (Fsp3) is 0.400. The van der Waals surface area contributed by atoms with Gasteiger partial charge in [-0.3, -0.25) is 0 Å². The molecule has 1 heterocycles. The van der Waals surface area contributed by atoms with Crippen molar-refractivity contribution in [2.75, 3.05) is 18.4 Å². The third-order valence-corrected chi connectivity index (χ3v) is 3.08. The van der Waals surface area contributed by atoms with Gasteiger partial charge in [-0.25, -0.2) is 0 Å². The average molecular weight is 275 g/mol. The Morgan fingerprint density at radius 2 is 2.05 bits per heavy atom. The number of rotatable bonds is 8. The predicted molar refractivity (Wildman–Crippen MR) is 78.4 cm³/mol. The van der Waals surface area contributed by atoms with Crippen LogP contribution in [0.3, 0.4) is 0 Å². The molecule has 0 aliphatic heterocycles. The van der Waals surface area contributed by atoms with Gasteiger partial charge in [-0.15, -0.1) is 0 Å². The van der Waals surface area contributed by atoms with Crippen molar-refractivity contribution in [1.82, 2.24) is 10.5 Å². The second-order valence-corrected chi connectivity index (χ2v) is 4.70. The molecular weight excluding hydrogens is 254 g/mol. The lowest BCUT2D eigenvalue weighted by Crippen LogP contribution is -2.22. The van der Waals surface area contributed by atoms with Crippen LogP contribution in [0, 0.1) is 0 Å². The van der Waals surface area contributed by atoms with Crippen molar-refractivity contribution in [3.63, 3.8) is 0 Å². The molecule has 0 spiro atoms. The molecule has 5 nitrogen and oxygen atoms in total. The molecule has 0 radical (unpaired) electrons. The van der Waals surface area contributed by atoms with E-state index in [0.29, 0.717) is 5.76 Å². The Bertz CT molecular complexity index is 499. The van der Waals surface area contributed by atoms with Gasteiger partial charge in [-0.2, -0.15) is 0 Å². The largest absolute Gasteiger partial charge is 0.388 e. The summed E-state index contributed by atoms with van der Waals surface area (Å²) in [4.78, 5) is 0. The van der Waals surface area contributed by atoms with Crippen molar-refractivity contribution >= 4 is 5.69 Å². The van der Waals surface area contributed by atoms with Gasteiger partial charge in [0, 0.05) is 18.3 Å². The molecule has 0 aliphatic carbocycles. The summed E-state index contributed by atoms with van der Waals surface area (Å²) in [6.07, 6.45) is 1.02. The molecule has 0 amide bonds. The van der Waals surface area contributed by atoms with Gasteiger partial charge in [0.15, 0.2) is 5.76 Å². The van der Waals surface area contributed by atoms with Crippen molar-refractivity contribution in [2.24, 2.45) is 0 Å². The molecule has 3 N–H and O–H groups in total. The Morgan fingerprint density at radius 1 is 1.25 bits per heavy atom. The summed E-state index contributed by atoms with van der Waals surface area (Å²) in [5, 5.41) is 19.6. The molecule has 2 aromatic rings. The first-order valence-corrected chi connectivity index (χ1v) is 6.88. The van der Waals surface area contributed by atoms with Crippen LogP contribution >= 0.6 is 0 Å². The van der Waals surface area contributed by atoms with E-state index >= 15 is 0 Å². The highest BCUT2D eigenvalue weighted by Gasteiger charge is 2.10. The molecule has 0 bridgehead atoms. The Hall–Kier alpha value is -1.85. The van der Waals surface area contributed by atoms with E-state index < -0.39 is 0 Å². The maximum atomic E-state index is 8.92. The van der Waals surface area contributed by atoms with Crippen LogP contribution in [0.5, 0.6) is 0 Å². The molecule has 1 unspecified atom stereocenters. The zero-order valence-electron chi connectivity index (χ0n) is 11.7. The number of hydrogen-bond acceptors (Lipinski definition) is 5. The number of aliphatic hydroxyl groups excluding tert-OH is 1. The number of anilines is 1. The van der Waals surface area contributed by atoms with Crippen LogP contribution in [0.2, 0.25) is 0 Å². The second kappa shape index (κ2) is 7.67. The highest BCUT2D eigenvalue weighted by atomic mass is 16.5. The van der Waals surface area contributed by atoms with Gasteiger partial charge in [0.25, 0.3) is 0 Å². The van der Waals surface area contributed by atoms with E-state index in [1.807, 2.05) is 25.1 Å². The van der Waals surface area contributed by atoms with E-state index in [1.54, 1.807) is 6.07 Å². The fourth-order valence-corrected chi connectivity index (χ4v) is 1.91. The normalized spacial score (nSPS) is 12.3. The first-order valence-electron chi connectivity index (χ1n) is 6.88. The lowest BCUT2D eigenvalue weighted by Gasteiger charge is -2.11. The SMILES string of the molecule is CC(NCCCNc1ccccc1)c1cc(CO)on1. The molecule has 2 rings (SSSR count). The van der Waals surface area contributed by atoms with Crippen LogP contribution in [0.1, 0.15) is 30.8 Å². The minimum Gasteiger partial charge on any atom is -0.388 e. The third-order valence-electron chi connectivity index (χ3n) is 3.08. The lowest BCUT2D eigenvalue weighted by atomic mass is 10.2. The first-order chi connectivity index (χ1) is 9.79. The quantitative estimate of drug-likeness (QED) is 0.645. The molecule has 0 saturated carbocycles. The number of hydrogen-bond donors (Lipinski definition) is 3. The smallest absolute Gasteiger partial charge is 0.162 e. The minimum atomic E-state index is -0.110. The molecule has 0 fully saturated rings. The second-order valence-electron chi connectivity index (χ2n) is 4.70. The van der Waals surface area contributed by atoms with Gasteiger partial charge in [-0.05, 0) is 32.0 Å². The van der Waals surface area contributed by atoms with Crippen LogP contribution in [-0.2, 0) is 6.61 Å². The van der Waals surface area contributed by atoms with Gasteiger partial charge < -0.3 is 20.3 Å². The van der Waals surface area contributed by atoms with Crippen LogP contribution < -0.4 is 10.6 Å². The topological polar surface area (TPSA) is 70.3 Å². The fourth-order valence-electron chi connectivity index (χ4n) is 1.91. The summed E-state index contributed by atoms with van der Waals surface area (Å²) in [5.74, 6) is 0.499. The zero-order valence-corrected chi connectivity index (χ0v) is 11.7. The van der Waals surface area contributed by atoms with Crippen molar-refractivity contribution in [3.8, 4) is 0 Å². The Labute approximate surface area is 119 Å². The molecule has 0 aliphatic rings. The first kappa shape index (κ1) is 14.6. The molecule has 1 aromatic heterocycles. The van der Waals surface area contributed by atoms with E-state index in [2.05, 4.69) is 27.9 Å². The van der Waals surface area contributed by atoms with E-state index in [4.69, 9.17) is 9.63 Å². The van der Waals surface area contributed by atoms with Gasteiger partial charge in [0.05, 0.1) is 6.04 Å². The van der Waals surface area contributed by atoms with Crippen LogP contribution in [0.4, 0.5) is 5.69 Å². The van der Waals surface area contributed by atoms with Crippen LogP contribution in [0.15, 0.2) is 40.9 Å². The summed E-state index contributed by atoms with van der Waals surface area (Å²) >= 11 is 0. The van der Waals surface area contributed by atoms with Crippen molar-refractivity contribution in [2.45, 2.75) is 26.0 Å². The molecule has 108 valence electrons. The highest BCUT2D eigenvalue weighted by molar-refractivity contribution is 5.42. The number of para-hydroxylation sites is 1. The number of aromatic nitrogens is 1. The van der Waals surface area contributed by atoms with Crippen molar-refractivity contribution in [1.29, 1.82) is 0 Å². The molecule has 0 saturated heterocycles. The van der Waals surface area contributed by atoms with Crippen LogP contribution in [-0.4, -0.2) is 23.4 Å². The molecule has 1 atom stereocenters. The van der Waals surface area contributed by atoms with Gasteiger partial charge in [0.1, 0.15) is 12.3 Å². The molecule has 5 heteroatoms. The number of aliphatic hydroxyl groups is 1. The Morgan fingerprint density at radius 3 is 2.75 bits per heavy atom. The number of benzene rings is 1. The molecular formula is C15H21N3O2. The molecule has 1 aromatic carbocycles. The average Bonchev–Trinajstić information content (AvgIpc) is 2.97. The van der Waals surface area contributed by atoms with Gasteiger partial charge in [-0.1, -0.05) is 23.4 Å². The van der Waals surface area contributed by atoms with Gasteiger partial charge >= 0.3 is 0 Å². The Balaban J connectivity index is 1.63. The lowest BCUT2D eigenvalue weighted by molar-refractivity contribution is 0.228. The minimum absolute atomic E-state index is 0.110. The summed E-state index contributed by atoms with van der Waals surface area (Å²) in [5.41, 5.74) is 1.97. The van der Waals surface area contributed by atoms with Crippen molar-refractivity contribution < 1.29 is 9.63 Å². The molecule has 20 heavy (non-hydrogen) atoms. The van der Waals surface area contributed by atoms with E-state index in [-0.39, 0.29) is 12.6 Å². The highest BCUT2D eigenvalue weighted by Crippen LogP contribution is 2.12. The summed E-state index contributed by atoms with van der Waals surface area (Å²) in [6, 6.07) is 12.1. The summed E-state index contributed by atoms with van der Waals surface area (Å²) < 4.78 is 4.97. The van der Waals surface area contributed by atoms with E-state index in [0.717, 1.165) is 30.9 Å². The number of nitrogens with one attached hydrogen (secondary N) is 2. The Kier molecular flexibility index (Phi) is 5.58. The van der Waals surface area contributed by atoms with E-state index in [9.17, 15) is 0 Å². The summed E-state index contributed by atoms with van der Waals surface area (Å²) in [6.45, 7) is 3.73. The monoisotopic (exact) mass is 275 g/mol. The predicted octanol–water partition coefficient (Wildman–Crippen LogP) is 2.32. The maximum absolute atomic E-state index is 8.92. The van der Waals surface area contributed by atoms with Gasteiger partial charge in [0.2, 0.25) is 0 Å². The maximum Gasteiger partial charge on any atom is 0.162 e.